The highest BCUT2D eigenvalue weighted by molar-refractivity contribution is 7.91. The quantitative estimate of drug-likeness (QED) is 0.718. The third-order valence-corrected chi connectivity index (χ3v) is 3.84. The van der Waals surface area contributed by atoms with Gasteiger partial charge in [0.15, 0.2) is 9.84 Å². The van der Waals surface area contributed by atoms with E-state index in [1.54, 1.807) is 24.3 Å². The lowest BCUT2D eigenvalue weighted by Gasteiger charge is -2.03. The van der Waals surface area contributed by atoms with Crippen LogP contribution in [-0.2, 0) is 9.84 Å². The van der Waals surface area contributed by atoms with Crippen LogP contribution in [0, 0.1) is 0 Å². The van der Waals surface area contributed by atoms with Gasteiger partial charge in [0.2, 0.25) is 0 Å². The van der Waals surface area contributed by atoms with Crippen molar-refractivity contribution in [1.29, 1.82) is 0 Å². The molecule has 0 heterocycles. The van der Waals surface area contributed by atoms with Gasteiger partial charge in [0.05, 0.1) is 10.6 Å². The molecule has 14 heavy (non-hydrogen) atoms. The van der Waals surface area contributed by atoms with Gasteiger partial charge in [-0.25, -0.2) is 8.42 Å². The van der Waals surface area contributed by atoms with E-state index in [-0.39, 0.29) is 5.75 Å². The molecule has 0 saturated heterocycles. The number of rotatable bonds is 3. The molecule has 2 nitrogen and oxygen atoms in total. The molecule has 76 valence electrons. The largest absolute Gasteiger partial charge is 0.223 e. The molecule has 1 aromatic carbocycles. The molecule has 0 radical (unpaired) electrons. The minimum absolute atomic E-state index is 0.105. The normalized spacial score (nSPS) is 12.9. The molecule has 0 bridgehead atoms. The zero-order valence-corrected chi connectivity index (χ0v) is 9.21. The lowest BCUT2D eigenvalue weighted by Crippen LogP contribution is -2.07. The first-order valence-corrected chi connectivity index (χ1v) is 6.11. The SMILES string of the molecule is C/C=C(\C)CS(=O)(=O)c1ccccc1. The van der Waals surface area contributed by atoms with Crippen molar-refractivity contribution in [3.05, 3.63) is 42.0 Å². The van der Waals surface area contributed by atoms with Gasteiger partial charge in [0, 0.05) is 0 Å². The maximum atomic E-state index is 11.8. The van der Waals surface area contributed by atoms with Gasteiger partial charge in [-0.2, -0.15) is 0 Å². The summed E-state index contributed by atoms with van der Waals surface area (Å²) in [6.45, 7) is 3.66. The number of hydrogen-bond donors (Lipinski definition) is 0. The first-order valence-electron chi connectivity index (χ1n) is 4.46. The van der Waals surface area contributed by atoms with Crippen molar-refractivity contribution in [1.82, 2.24) is 0 Å². The van der Waals surface area contributed by atoms with E-state index in [4.69, 9.17) is 0 Å². The fourth-order valence-corrected chi connectivity index (χ4v) is 2.60. The molecule has 0 N–H and O–H groups in total. The monoisotopic (exact) mass is 210 g/mol. The average Bonchev–Trinajstić information content (AvgIpc) is 2.18. The number of allylic oxidation sites excluding steroid dienone is 1. The average molecular weight is 210 g/mol. The minimum atomic E-state index is -3.14. The smallest absolute Gasteiger partial charge is 0.182 e. The molecule has 1 rings (SSSR count). The summed E-state index contributed by atoms with van der Waals surface area (Å²) >= 11 is 0. The summed E-state index contributed by atoms with van der Waals surface area (Å²) in [6, 6.07) is 8.52. The van der Waals surface area contributed by atoms with Gasteiger partial charge in [-0.1, -0.05) is 29.8 Å². The topological polar surface area (TPSA) is 34.1 Å². The summed E-state index contributed by atoms with van der Waals surface area (Å²) in [7, 11) is -3.14. The Morgan fingerprint density at radius 3 is 2.36 bits per heavy atom. The van der Waals surface area contributed by atoms with Crippen LogP contribution in [-0.4, -0.2) is 14.2 Å². The summed E-state index contributed by atoms with van der Waals surface area (Å²) in [5, 5.41) is 0. The van der Waals surface area contributed by atoms with Crippen LogP contribution >= 0.6 is 0 Å². The summed E-state index contributed by atoms with van der Waals surface area (Å²) < 4.78 is 23.5. The number of sulfone groups is 1. The van der Waals surface area contributed by atoms with Crippen molar-refractivity contribution in [3.8, 4) is 0 Å². The van der Waals surface area contributed by atoms with Crippen molar-refractivity contribution in [2.75, 3.05) is 5.75 Å². The molecule has 0 atom stereocenters. The highest BCUT2D eigenvalue weighted by Crippen LogP contribution is 2.12. The van der Waals surface area contributed by atoms with Crippen LogP contribution in [0.3, 0.4) is 0 Å². The van der Waals surface area contributed by atoms with Crippen molar-refractivity contribution in [2.45, 2.75) is 18.7 Å². The molecule has 1 aromatic rings. The third-order valence-electron chi connectivity index (χ3n) is 2.01. The first-order chi connectivity index (χ1) is 6.56. The fourth-order valence-electron chi connectivity index (χ4n) is 1.09. The van der Waals surface area contributed by atoms with E-state index in [0.29, 0.717) is 4.90 Å². The summed E-state index contributed by atoms with van der Waals surface area (Å²) in [5.41, 5.74) is 0.869. The van der Waals surface area contributed by atoms with Crippen LogP contribution in [0.15, 0.2) is 46.9 Å². The molecule has 0 aliphatic heterocycles. The van der Waals surface area contributed by atoms with E-state index in [9.17, 15) is 8.42 Å². The first kappa shape index (κ1) is 11.0. The van der Waals surface area contributed by atoms with E-state index in [1.165, 1.54) is 0 Å². The Hall–Kier alpha value is -1.09. The van der Waals surface area contributed by atoms with E-state index in [0.717, 1.165) is 5.57 Å². The molecule has 0 amide bonds. The standard InChI is InChI=1S/C11H14O2S/c1-3-10(2)9-14(12,13)11-7-5-4-6-8-11/h3-8H,9H2,1-2H3/b10-3+. The second kappa shape index (κ2) is 4.42. The van der Waals surface area contributed by atoms with Gasteiger partial charge in [-0.3, -0.25) is 0 Å². The highest BCUT2D eigenvalue weighted by Gasteiger charge is 2.13. The Kier molecular flexibility index (Phi) is 3.47. The van der Waals surface area contributed by atoms with Crippen LogP contribution < -0.4 is 0 Å². The zero-order chi connectivity index (χ0) is 10.6. The van der Waals surface area contributed by atoms with Gasteiger partial charge in [-0.05, 0) is 26.0 Å². The molecular formula is C11H14O2S. The molecule has 0 aliphatic rings. The maximum absolute atomic E-state index is 11.8. The van der Waals surface area contributed by atoms with Crippen LogP contribution in [0.1, 0.15) is 13.8 Å². The molecule has 0 unspecified atom stereocenters. The Balaban J connectivity index is 2.99. The molecular weight excluding hydrogens is 196 g/mol. The molecule has 3 heteroatoms. The van der Waals surface area contributed by atoms with Crippen molar-refractivity contribution in [3.63, 3.8) is 0 Å². The minimum Gasteiger partial charge on any atom is -0.223 e. The van der Waals surface area contributed by atoms with E-state index < -0.39 is 9.84 Å². The maximum Gasteiger partial charge on any atom is 0.182 e. The Morgan fingerprint density at radius 2 is 1.86 bits per heavy atom. The van der Waals surface area contributed by atoms with E-state index >= 15 is 0 Å². The predicted molar refractivity (Wildman–Crippen MR) is 57.9 cm³/mol. The van der Waals surface area contributed by atoms with Gasteiger partial charge in [0.25, 0.3) is 0 Å². The summed E-state index contributed by atoms with van der Waals surface area (Å²) in [4.78, 5) is 0.390. The van der Waals surface area contributed by atoms with Crippen LogP contribution in [0.4, 0.5) is 0 Å². The predicted octanol–water partition coefficient (Wildman–Crippen LogP) is 2.43. The van der Waals surface area contributed by atoms with Crippen LogP contribution in [0.25, 0.3) is 0 Å². The lowest BCUT2D eigenvalue weighted by atomic mass is 10.3. The molecule has 0 spiro atoms. The van der Waals surface area contributed by atoms with Gasteiger partial charge in [-0.15, -0.1) is 0 Å². The molecule has 0 aromatic heterocycles. The molecule has 0 aliphatic carbocycles. The third kappa shape index (κ3) is 2.70. The van der Waals surface area contributed by atoms with Gasteiger partial charge in [0.1, 0.15) is 0 Å². The molecule has 0 fully saturated rings. The van der Waals surface area contributed by atoms with E-state index in [1.807, 2.05) is 26.0 Å². The van der Waals surface area contributed by atoms with Crippen molar-refractivity contribution < 1.29 is 8.42 Å². The summed E-state index contributed by atoms with van der Waals surface area (Å²) in [6.07, 6.45) is 1.82. The second-order valence-corrected chi connectivity index (χ2v) is 5.20. The van der Waals surface area contributed by atoms with Crippen molar-refractivity contribution in [2.24, 2.45) is 0 Å². The summed E-state index contributed by atoms with van der Waals surface area (Å²) in [5.74, 6) is 0.105. The van der Waals surface area contributed by atoms with E-state index in [2.05, 4.69) is 0 Å². The molecule has 0 saturated carbocycles. The van der Waals surface area contributed by atoms with Crippen LogP contribution in [0.5, 0.6) is 0 Å². The Morgan fingerprint density at radius 1 is 1.29 bits per heavy atom. The number of hydrogen-bond acceptors (Lipinski definition) is 2. The number of benzene rings is 1. The van der Waals surface area contributed by atoms with Crippen LogP contribution in [0.2, 0.25) is 0 Å². The highest BCUT2D eigenvalue weighted by atomic mass is 32.2. The van der Waals surface area contributed by atoms with Gasteiger partial charge >= 0.3 is 0 Å². The second-order valence-electron chi connectivity index (χ2n) is 3.21. The Labute approximate surface area is 85.2 Å². The zero-order valence-electron chi connectivity index (χ0n) is 8.40. The Bertz CT molecular complexity index is 416. The lowest BCUT2D eigenvalue weighted by molar-refractivity contribution is 0.598. The fraction of sp³-hybridized carbons (Fsp3) is 0.273. The van der Waals surface area contributed by atoms with Crippen molar-refractivity contribution >= 4 is 9.84 Å². The van der Waals surface area contributed by atoms with Gasteiger partial charge < -0.3 is 0 Å².